The van der Waals surface area contributed by atoms with Crippen LogP contribution in [-0.2, 0) is 0 Å². The molecule has 1 N–H and O–H groups in total. The lowest BCUT2D eigenvalue weighted by molar-refractivity contribution is 0.0518. The molecule has 186 valence electrons. The fourth-order valence-corrected chi connectivity index (χ4v) is 6.44. The highest BCUT2D eigenvalue weighted by Gasteiger charge is 2.30. The van der Waals surface area contributed by atoms with Gasteiger partial charge in [0, 0.05) is 56.3 Å². The van der Waals surface area contributed by atoms with Crippen molar-refractivity contribution in [2.45, 2.75) is 57.5 Å². The Balaban J connectivity index is 1.29. The first-order valence-electron chi connectivity index (χ1n) is 13.3. The van der Waals surface area contributed by atoms with Crippen LogP contribution in [0.3, 0.4) is 0 Å². The molecule has 0 spiro atoms. The molecular weight excluding hydrogens is 440 g/mol. The normalized spacial score (nSPS) is 21.5. The number of hydrogen-bond acceptors (Lipinski definition) is 5. The zero-order valence-corrected chi connectivity index (χ0v) is 20.9. The molecule has 35 heavy (non-hydrogen) atoms. The van der Waals surface area contributed by atoms with Crippen molar-refractivity contribution in [2.75, 3.05) is 46.3 Å². The van der Waals surface area contributed by atoms with Crippen LogP contribution in [0.4, 0.5) is 0 Å². The fraction of sp³-hybridized carbons (Fsp3) is 0.593. The van der Waals surface area contributed by atoms with Gasteiger partial charge >= 0.3 is 0 Å². The number of hydrogen-bond donors (Lipinski definition) is 1. The minimum Gasteiger partial charge on any atom is -0.339 e. The van der Waals surface area contributed by atoms with Crippen molar-refractivity contribution in [1.29, 1.82) is 0 Å². The van der Waals surface area contributed by atoms with Gasteiger partial charge in [-0.2, -0.15) is 5.10 Å². The summed E-state index contributed by atoms with van der Waals surface area (Å²) >= 11 is 0. The number of carbonyl (C=O) groups excluding carboxylic acids is 1. The predicted molar refractivity (Wildman–Crippen MR) is 138 cm³/mol. The zero-order chi connectivity index (χ0) is 24.1. The molecule has 4 heterocycles. The molecule has 3 aliphatic rings. The number of pyridine rings is 1. The topological polar surface area (TPSA) is 77.5 Å². The maximum Gasteiger partial charge on any atom is 0.259 e. The molecule has 3 aromatic rings. The van der Waals surface area contributed by atoms with Crippen molar-refractivity contribution in [3.05, 3.63) is 39.8 Å². The van der Waals surface area contributed by atoms with Crippen LogP contribution in [0.1, 0.15) is 60.5 Å². The van der Waals surface area contributed by atoms with Gasteiger partial charge < -0.3 is 14.8 Å². The molecule has 1 aliphatic carbocycles. The van der Waals surface area contributed by atoms with E-state index in [-0.39, 0.29) is 11.5 Å². The van der Waals surface area contributed by atoms with Gasteiger partial charge in [0.25, 0.3) is 11.5 Å². The molecule has 2 saturated heterocycles. The Labute approximate surface area is 205 Å². The van der Waals surface area contributed by atoms with E-state index >= 15 is 0 Å². The summed E-state index contributed by atoms with van der Waals surface area (Å²) in [5.41, 5.74) is 3.19. The molecule has 1 amide bonds. The number of fused-ring (bicyclic) bond motifs is 3. The van der Waals surface area contributed by atoms with Gasteiger partial charge in [-0.05, 0) is 57.4 Å². The van der Waals surface area contributed by atoms with Crippen LogP contribution < -0.4 is 5.56 Å². The first kappa shape index (κ1) is 22.7. The fourth-order valence-electron chi connectivity index (χ4n) is 6.44. The van der Waals surface area contributed by atoms with E-state index in [9.17, 15) is 9.59 Å². The second-order valence-electron chi connectivity index (χ2n) is 10.8. The Morgan fingerprint density at radius 3 is 2.37 bits per heavy atom. The van der Waals surface area contributed by atoms with Crippen molar-refractivity contribution in [2.24, 2.45) is 0 Å². The SMILES string of the molecule is Cc1cc2[nH]c(=O)c3cnn(C4CCCC4)c3c2cc1C(=O)N1CCC(N2CCN(C)CC2)CC1. The molecule has 8 heteroatoms. The van der Waals surface area contributed by atoms with Crippen molar-refractivity contribution < 1.29 is 4.79 Å². The maximum absolute atomic E-state index is 13.7. The van der Waals surface area contributed by atoms with E-state index in [4.69, 9.17) is 0 Å². The number of H-pyrrole nitrogens is 1. The zero-order valence-electron chi connectivity index (χ0n) is 20.9. The summed E-state index contributed by atoms with van der Waals surface area (Å²) < 4.78 is 2.05. The number of amides is 1. The summed E-state index contributed by atoms with van der Waals surface area (Å²) in [5.74, 6) is 0.104. The molecule has 1 saturated carbocycles. The number of aromatic amines is 1. The summed E-state index contributed by atoms with van der Waals surface area (Å²) in [5, 5.41) is 6.16. The van der Waals surface area contributed by atoms with E-state index in [0.29, 0.717) is 17.5 Å². The number of nitrogens with one attached hydrogen (secondary N) is 1. The molecule has 8 nitrogen and oxygen atoms in total. The minimum atomic E-state index is -0.110. The van der Waals surface area contributed by atoms with Crippen molar-refractivity contribution in [3.8, 4) is 0 Å². The molecular formula is C27H36N6O2. The van der Waals surface area contributed by atoms with Gasteiger partial charge in [-0.1, -0.05) is 12.8 Å². The molecule has 0 atom stereocenters. The first-order valence-corrected chi connectivity index (χ1v) is 13.3. The highest BCUT2D eigenvalue weighted by Crippen LogP contribution is 2.34. The molecule has 2 aromatic heterocycles. The highest BCUT2D eigenvalue weighted by molar-refractivity contribution is 6.07. The average Bonchev–Trinajstić information content (AvgIpc) is 3.55. The van der Waals surface area contributed by atoms with E-state index in [1.807, 2.05) is 28.6 Å². The Morgan fingerprint density at radius 1 is 0.943 bits per heavy atom. The molecule has 2 aliphatic heterocycles. The predicted octanol–water partition coefficient (Wildman–Crippen LogP) is 3.15. The van der Waals surface area contributed by atoms with Crippen molar-refractivity contribution in [1.82, 2.24) is 29.5 Å². The summed E-state index contributed by atoms with van der Waals surface area (Å²) in [6.07, 6.45) is 8.33. The van der Waals surface area contributed by atoms with E-state index in [1.54, 1.807) is 6.20 Å². The van der Waals surface area contributed by atoms with Gasteiger partial charge in [-0.25, -0.2) is 0 Å². The molecule has 0 bridgehead atoms. The Bertz CT molecular complexity index is 1300. The number of aryl methyl sites for hydroxylation is 1. The third kappa shape index (κ3) is 4.06. The number of rotatable bonds is 3. The minimum absolute atomic E-state index is 0.104. The number of likely N-dealkylation sites (tertiary alicyclic amines) is 1. The van der Waals surface area contributed by atoms with Crippen LogP contribution in [-0.4, -0.2) is 87.7 Å². The van der Waals surface area contributed by atoms with Gasteiger partial charge in [-0.15, -0.1) is 0 Å². The lowest BCUT2D eigenvalue weighted by atomic mass is 9.99. The van der Waals surface area contributed by atoms with Gasteiger partial charge in [0.05, 0.1) is 28.7 Å². The van der Waals surface area contributed by atoms with Crippen LogP contribution >= 0.6 is 0 Å². The number of benzene rings is 1. The van der Waals surface area contributed by atoms with E-state index < -0.39 is 0 Å². The Morgan fingerprint density at radius 2 is 1.66 bits per heavy atom. The maximum atomic E-state index is 13.7. The van der Waals surface area contributed by atoms with Crippen LogP contribution in [0, 0.1) is 6.92 Å². The number of nitrogens with zero attached hydrogens (tertiary/aromatic N) is 5. The number of carbonyl (C=O) groups is 1. The standard InChI is InChI=1S/C27H36N6O2/c1-18-15-24-22(25-23(26(34)29-24)17-28-33(25)20-5-3-4-6-20)16-21(18)27(35)32-9-7-19(8-10-32)31-13-11-30(2)12-14-31/h15-17,19-20H,3-14H2,1-2H3,(H,29,34). The first-order chi connectivity index (χ1) is 17.0. The van der Waals surface area contributed by atoms with E-state index in [1.165, 1.54) is 12.8 Å². The average molecular weight is 477 g/mol. The molecule has 3 fully saturated rings. The summed E-state index contributed by atoms with van der Waals surface area (Å²) in [4.78, 5) is 36.5. The second-order valence-corrected chi connectivity index (χ2v) is 10.8. The lowest BCUT2D eigenvalue weighted by Crippen LogP contribution is -2.53. The van der Waals surface area contributed by atoms with E-state index in [0.717, 1.165) is 92.5 Å². The van der Waals surface area contributed by atoms with Gasteiger partial charge in [-0.3, -0.25) is 19.2 Å². The van der Waals surface area contributed by atoms with Gasteiger partial charge in [0.15, 0.2) is 0 Å². The number of piperazine rings is 1. The number of aromatic nitrogens is 3. The molecule has 6 rings (SSSR count). The summed E-state index contributed by atoms with van der Waals surface area (Å²) in [6.45, 7) is 8.08. The van der Waals surface area contributed by atoms with Crippen molar-refractivity contribution >= 4 is 27.7 Å². The lowest BCUT2D eigenvalue weighted by Gasteiger charge is -2.42. The van der Waals surface area contributed by atoms with E-state index in [2.05, 4.69) is 26.9 Å². The van der Waals surface area contributed by atoms with Gasteiger partial charge in [0.2, 0.25) is 0 Å². The van der Waals surface area contributed by atoms with Crippen LogP contribution in [0.15, 0.2) is 23.1 Å². The molecule has 0 unspecified atom stereocenters. The number of likely N-dealkylation sites (N-methyl/N-ethyl adjacent to an activating group) is 1. The van der Waals surface area contributed by atoms with Gasteiger partial charge in [0.1, 0.15) is 0 Å². The number of piperidine rings is 1. The van der Waals surface area contributed by atoms with Crippen LogP contribution in [0.2, 0.25) is 0 Å². The molecule has 0 radical (unpaired) electrons. The monoisotopic (exact) mass is 476 g/mol. The van der Waals surface area contributed by atoms with Crippen LogP contribution in [0.25, 0.3) is 21.8 Å². The molecule has 1 aromatic carbocycles. The third-order valence-electron chi connectivity index (χ3n) is 8.61. The Kier molecular flexibility index (Phi) is 5.89. The second kappa shape index (κ2) is 9.06. The quantitative estimate of drug-likeness (QED) is 0.628. The Hall–Kier alpha value is -2.71. The summed E-state index contributed by atoms with van der Waals surface area (Å²) in [7, 11) is 2.19. The summed E-state index contributed by atoms with van der Waals surface area (Å²) in [6, 6.07) is 4.87. The largest absolute Gasteiger partial charge is 0.339 e. The highest BCUT2D eigenvalue weighted by atomic mass is 16.2. The smallest absolute Gasteiger partial charge is 0.259 e. The third-order valence-corrected chi connectivity index (χ3v) is 8.61. The van der Waals surface area contributed by atoms with Crippen LogP contribution in [0.5, 0.6) is 0 Å². The van der Waals surface area contributed by atoms with Crippen molar-refractivity contribution in [3.63, 3.8) is 0 Å².